The number of carbonyl (C=O) groups excluding carboxylic acids is 1. The van der Waals surface area contributed by atoms with Crippen molar-refractivity contribution in [3.8, 4) is 0 Å². The highest BCUT2D eigenvalue weighted by molar-refractivity contribution is 7.89. The summed E-state index contributed by atoms with van der Waals surface area (Å²) in [5, 5.41) is 2.66. The van der Waals surface area contributed by atoms with Crippen LogP contribution in [-0.4, -0.2) is 63.3 Å². The third kappa shape index (κ3) is 4.77. The number of halogens is 1. The number of nitrogens with zero attached hydrogens (tertiary/aromatic N) is 1. The van der Waals surface area contributed by atoms with E-state index in [-0.39, 0.29) is 30.1 Å². The van der Waals surface area contributed by atoms with Crippen molar-refractivity contribution in [1.82, 2.24) is 20.5 Å². The number of nitrogens with one attached hydrogen (secondary N) is 3. The van der Waals surface area contributed by atoms with E-state index in [1.54, 1.807) is 12.1 Å². The first kappa shape index (κ1) is 19.2. The zero-order valence-corrected chi connectivity index (χ0v) is 15.1. The molecule has 0 bridgehead atoms. The largest absolute Gasteiger partial charge is 0.379 e. The van der Waals surface area contributed by atoms with Crippen LogP contribution in [0.15, 0.2) is 24.3 Å². The Morgan fingerprint density at radius 1 is 1.23 bits per heavy atom. The molecule has 0 spiro atoms. The van der Waals surface area contributed by atoms with Crippen LogP contribution in [0, 0.1) is 5.82 Å². The van der Waals surface area contributed by atoms with Gasteiger partial charge >= 0.3 is 0 Å². The van der Waals surface area contributed by atoms with Crippen LogP contribution < -0.4 is 16.2 Å². The van der Waals surface area contributed by atoms with Crippen LogP contribution in [0.5, 0.6) is 0 Å². The molecule has 3 rings (SSSR count). The monoisotopic (exact) mass is 386 g/mol. The van der Waals surface area contributed by atoms with Crippen molar-refractivity contribution in [3.05, 3.63) is 35.6 Å². The molecule has 0 aliphatic carbocycles. The van der Waals surface area contributed by atoms with Crippen LogP contribution in [0.2, 0.25) is 0 Å². The zero-order valence-electron chi connectivity index (χ0n) is 14.3. The summed E-state index contributed by atoms with van der Waals surface area (Å²) < 4.78 is 44.0. The van der Waals surface area contributed by atoms with E-state index in [1.807, 2.05) is 0 Å². The fourth-order valence-electron chi connectivity index (χ4n) is 3.02. The maximum Gasteiger partial charge on any atom is 0.238 e. The molecule has 0 aromatic heterocycles. The van der Waals surface area contributed by atoms with Crippen molar-refractivity contribution in [1.29, 1.82) is 0 Å². The second kappa shape index (κ2) is 8.40. The lowest BCUT2D eigenvalue weighted by molar-refractivity contribution is -0.122. The van der Waals surface area contributed by atoms with Gasteiger partial charge in [-0.25, -0.2) is 23.7 Å². The normalized spacial score (nSPS) is 24.5. The lowest BCUT2D eigenvalue weighted by Crippen LogP contribution is -2.46. The summed E-state index contributed by atoms with van der Waals surface area (Å²) in [6, 6.07) is 5.51. The second-order valence-electron chi connectivity index (χ2n) is 6.30. The van der Waals surface area contributed by atoms with Crippen molar-refractivity contribution in [2.75, 3.05) is 38.6 Å². The molecule has 3 N–H and O–H groups in total. The van der Waals surface area contributed by atoms with Gasteiger partial charge in [0.05, 0.1) is 19.0 Å². The van der Waals surface area contributed by atoms with E-state index in [0.717, 1.165) is 5.56 Å². The van der Waals surface area contributed by atoms with Gasteiger partial charge in [0.25, 0.3) is 0 Å². The molecule has 0 radical (unpaired) electrons. The summed E-state index contributed by atoms with van der Waals surface area (Å²) in [6.45, 7) is 1.55. The third-order valence-corrected chi connectivity index (χ3v) is 6.39. The van der Waals surface area contributed by atoms with Gasteiger partial charge in [-0.05, 0) is 24.1 Å². The Morgan fingerprint density at radius 3 is 2.62 bits per heavy atom. The molecule has 2 aliphatic heterocycles. The molecule has 26 heavy (non-hydrogen) atoms. The number of sulfonamides is 1. The molecule has 8 nitrogen and oxygen atoms in total. The summed E-state index contributed by atoms with van der Waals surface area (Å²) >= 11 is 0. The Labute approximate surface area is 152 Å². The fourth-order valence-corrected chi connectivity index (χ4v) is 4.35. The quantitative estimate of drug-likeness (QED) is 0.610. The molecular weight excluding hydrogens is 363 g/mol. The summed E-state index contributed by atoms with van der Waals surface area (Å²) in [7, 11) is -3.39. The SMILES string of the molecule is O=C(NCCS(=O)(=O)N1CCOCC1)C1CC(c2ccc(F)cc2)NN1. The number of ether oxygens (including phenoxy) is 1. The number of hydrogen-bond donors (Lipinski definition) is 3. The Balaban J connectivity index is 1.44. The van der Waals surface area contributed by atoms with E-state index in [4.69, 9.17) is 4.74 Å². The van der Waals surface area contributed by atoms with Gasteiger partial charge in [-0.15, -0.1) is 0 Å². The summed E-state index contributed by atoms with van der Waals surface area (Å²) in [6.07, 6.45) is 0.494. The van der Waals surface area contributed by atoms with Crippen LogP contribution in [0.3, 0.4) is 0 Å². The van der Waals surface area contributed by atoms with E-state index in [2.05, 4.69) is 16.2 Å². The molecule has 144 valence electrons. The number of amides is 1. The molecule has 10 heteroatoms. The first-order valence-electron chi connectivity index (χ1n) is 8.55. The van der Waals surface area contributed by atoms with Gasteiger partial charge in [0.2, 0.25) is 15.9 Å². The Hall–Kier alpha value is -1.59. The standard InChI is InChI=1S/C16H23FN4O4S/c17-13-3-1-12(2-4-13)14-11-15(20-19-14)16(22)18-5-10-26(23,24)21-6-8-25-9-7-21/h1-4,14-15,19-20H,5-11H2,(H,18,22). The van der Waals surface area contributed by atoms with Crippen LogP contribution in [0.1, 0.15) is 18.0 Å². The lowest BCUT2D eigenvalue weighted by atomic mass is 10.0. The van der Waals surface area contributed by atoms with Crippen LogP contribution in [-0.2, 0) is 19.6 Å². The number of hydrazine groups is 1. The Bertz CT molecular complexity index is 722. The molecule has 2 aliphatic rings. The van der Waals surface area contributed by atoms with E-state index < -0.39 is 16.1 Å². The summed E-state index contributed by atoms with van der Waals surface area (Å²) in [5.41, 5.74) is 6.79. The average Bonchev–Trinajstić information content (AvgIpc) is 3.13. The molecule has 0 saturated carbocycles. The topological polar surface area (TPSA) is 99.8 Å². The van der Waals surface area contributed by atoms with E-state index in [9.17, 15) is 17.6 Å². The van der Waals surface area contributed by atoms with Gasteiger partial charge in [0.1, 0.15) is 11.9 Å². The van der Waals surface area contributed by atoms with E-state index in [1.165, 1.54) is 16.4 Å². The molecule has 2 unspecified atom stereocenters. The van der Waals surface area contributed by atoms with E-state index in [0.29, 0.717) is 32.7 Å². The van der Waals surface area contributed by atoms with Crippen molar-refractivity contribution >= 4 is 15.9 Å². The molecule has 2 heterocycles. The fraction of sp³-hybridized carbons (Fsp3) is 0.562. The molecule has 1 amide bonds. The van der Waals surface area contributed by atoms with Gasteiger partial charge < -0.3 is 10.1 Å². The molecule has 2 fully saturated rings. The minimum Gasteiger partial charge on any atom is -0.379 e. The van der Waals surface area contributed by atoms with Gasteiger partial charge in [-0.1, -0.05) is 12.1 Å². The minimum absolute atomic E-state index is 0.0535. The minimum atomic E-state index is -3.39. The highest BCUT2D eigenvalue weighted by Crippen LogP contribution is 2.22. The van der Waals surface area contributed by atoms with Gasteiger partial charge in [-0.3, -0.25) is 4.79 Å². The molecule has 1 aromatic carbocycles. The average molecular weight is 386 g/mol. The zero-order chi connectivity index (χ0) is 18.6. The molecule has 1 aromatic rings. The Morgan fingerprint density at radius 2 is 1.92 bits per heavy atom. The maximum atomic E-state index is 13.0. The van der Waals surface area contributed by atoms with Crippen molar-refractivity contribution in [2.24, 2.45) is 0 Å². The van der Waals surface area contributed by atoms with Crippen LogP contribution in [0.4, 0.5) is 4.39 Å². The number of carbonyl (C=O) groups is 1. The first-order chi connectivity index (χ1) is 12.5. The molecule has 2 atom stereocenters. The van der Waals surface area contributed by atoms with Gasteiger partial charge in [0.15, 0.2) is 0 Å². The van der Waals surface area contributed by atoms with Crippen molar-refractivity contribution in [2.45, 2.75) is 18.5 Å². The highest BCUT2D eigenvalue weighted by atomic mass is 32.2. The third-order valence-electron chi connectivity index (χ3n) is 4.51. The summed E-state index contributed by atoms with van der Waals surface area (Å²) in [5.74, 6) is -0.713. The number of hydrogen-bond acceptors (Lipinski definition) is 6. The van der Waals surface area contributed by atoms with Gasteiger partial charge in [0, 0.05) is 25.7 Å². The number of benzene rings is 1. The smallest absolute Gasteiger partial charge is 0.238 e. The number of rotatable bonds is 6. The van der Waals surface area contributed by atoms with Crippen LogP contribution >= 0.6 is 0 Å². The van der Waals surface area contributed by atoms with Gasteiger partial charge in [-0.2, -0.15) is 4.31 Å². The summed E-state index contributed by atoms with van der Waals surface area (Å²) in [4.78, 5) is 12.2. The van der Waals surface area contributed by atoms with E-state index >= 15 is 0 Å². The second-order valence-corrected chi connectivity index (χ2v) is 8.39. The Kier molecular flexibility index (Phi) is 6.20. The van der Waals surface area contributed by atoms with Crippen molar-refractivity contribution < 1.29 is 22.3 Å². The van der Waals surface area contributed by atoms with Crippen LogP contribution in [0.25, 0.3) is 0 Å². The molecular formula is C16H23FN4O4S. The first-order valence-corrected chi connectivity index (χ1v) is 10.2. The number of morpholine rings is 1. The van der Waals surface area contributed by atoms with Crippen molar-refractivity contribution in [3.63, 3.8) is 0 Å². The predicted octanol–water partition coefficient (Wildman–Crippen LogP) is -0.488. The molecule has 2 saturated heterocycles. The predicted molar refractivity (Wildman–Crippen MR) is 93.0 cm³/mol. The lowest BCUT2D eigenvalue weighted by Gasteiger charge is -2.26. The maximum absolute atomic E-state index is 13.0. The highest BCUT2D eigenvalue weighted by Gasteiger charge is 2.30.